The zero-order valence-electron chi connectivity index (χ0n) is 23.0. The zero-order valence-corrected chi connectivity index (χ0v) is 23.0. The van der Waals surface area contributed by atoms with Crippen molar-refractivity contribution in [3.63, 3.8) is 0 Å². The highest BCUT2D eigenvalue weighted by Gasteiger charge is 2.37. The highest BCUT2D eigenvalue weighted by Crippen LogP contribution is 2.46. The Morgan fingerprint density at radius 2 is 1.60 bits per heavy atom. The Kier molecular flexibility index (Phi) is 6.14. The molecule has 0 aliphatic heterocycles. The van der Waals surface area contributed by atoms with Gasteiger partial charge in [0.05, 0.1) is 5.54 Å². The number of fused-ring (bicyclic) bond motifs is 7. The van der Waals surface area contributed by atoms with Gasteiger partial charge in [-0.25, -0.2) is 0 Å². The number of benzene rings is 4. The summed E-state index contributed by atoms with van der Waals surface area (Å²) in [6.45, 7) is 4.12. The van der Waals surface area contributed by atoms with Crippen molar-refractivity contribution in [3.8, 4) is 11.1 Å². The summed E-state index contributed by atoms with van der Waals surface area (Å²) >= 11 is 0. The van der Waals surface area contributed by atoms with E-state index in [0.29, 0.717) is 5.92 Å². The lowest BCUT2D eigenvalue weighted by atomic mass is 9.72. The lowest BCUT2D eigenvalue weighted by Gasteiger charge is -2.39. The van der Waals surface area contributed by atoms with Crippen LogP contribution >= 0.6 is 0 Å². The van der Waals surface area contributed by atoms with Gasteiger partial charge in [-0.15, -0.1) is 0 Å². The van der Waals surface area contributed by atoms with E-state index >= 15 is 0 Å². The molecule has 7 rings (SSSR count). The molecule has 0 amide bonds. The first kappa shape index (κ1) is 24.6. The fourth-order valence-corrected chi connectivity index (χ4v) is 7.17. The Morgan fingerprint density at radius 3 is 2.30 bits per heavy atom. The second-order valence-corrected chi connectivity index (χ2v) is 11.1. The van der Waals surface area contributed by atoms with Crippen molar-refractivity contribution >= 4 is 17.0 Å². The van der Waals surface area contributed by atoms with Gasteiger partial charge in [0.2, 0.25) is 0 Å². The summed E-state index contributed by atoms with van der Waals surface area (Å²) in [5, 5.41) is 5.13. The summed E-state index contributed by atoms with van der Waals surface area (Å²) in [5.41, 5.74) is 13.0. The second kappa shape index (κ2) is 9.97. The maximum absolute atomic E-state index is 4.12. The van der Waals surface area contributed by atoms with E-state index in [0.717, 1.165) is 19.3 Å². The minimum atomic E-state index is -0.449. The SMILES string of the molecule is C=C/C=C(\CC1C=Cc2c([nH]c3ccc4c(c23)-c2ccccc2C4)C1)C(NC)(c1ccccc1)c1ccccc1. The molecule has 196 valence electrons. The summed E-state index contributed by atoms with van der Waals surface area (Å²) in [6, 6.07) is 35.1. The Morgan fingerprint density at radius 1 is 0.900 bits per heavy atom. The highest BCUT2D eigenvalue weighted by atomic mass is 14.9. The monoisotopic (exact) mass is 518 g/mol. The van der Waals surface area contributed by atoms with Crippen LogP contribution < -0.4 is 5.32 Å². The molecule has 4 aromatic carbocycles. The number of hydrogen-bond acceptors (Lipinski definition) is 1. The minimum absolute atomic E-state index is 0.368. The van der Waals surface area contributed by atoms with Gasteiger partial charge in [-0.3, -0.25) is 0 Å². The van der Waals surface area contributed by atoms with Crippen LogP contribution in [0.3, 0.4) is 0 Å². The predicted molar refractivity (Wildman–Crippen MR) is 168 cm³/mol. The normalized spacial score (nSPS) is 16.0. The molecule has 0 radical (unpaired) electrons. The molecule has 2 aliphatic rings. The predicted octanol–water partition coefficient (Wildman–Crippen LogP) is 8.59. The number of rotatable bonds is 7. The van der Waals surface area contributed by atoms with Crippen molar-refractivity contribution in [2.24, 2.45) is 5.92 Å². The van der Waals surface area contributed by atoms with Crippen LogP contribution in [-0.4, -0.2) is 12.0 Å². The van der Waals surface area contributed by atoms with E-state index in [1.807, 2.05) is 6.08 Å². The van der Waals surface area contributed by atoms with Gasteiger partial charge in [0, 0.05) is 22.2 Å². The lowest BCUT2D eigenvalue weighted by molar-refractivity contribution is 0.468. The third-order valence-corrected chi connectivity index (χ3v) is 8.91. The van der Waals surface area contributed by atoms with E-state index in [9.17, 15) is 0 Å². The summed E-state index contributed by atoms with van der Waals surface area (Å²) in [4.78, 5) is 3.82. The smallest absolute Gasteiger partial charge is 0.0908 e. The van der Waals surface area contributed by atoms with Crippen LogP contribution in [0.5, 0.6) is 0 Å². The average Bonchev–Trinajstić information content (AvgIpc) is 3.56. The topological polar surface area (TPSA) is 27.8 Å². The first-order chi connectivity index (χ1) is 19.7. The Hall–Kier alpha value is -4.40. The maximum atomic E-state index is 4.12. The van der Waals surface area contributed by atoms with Crippen LogP contribution in [0, 0.1) is 5.92 Å². The molecule has 2 heteroatoms. The van der Waals surface area contributed by atoms with Crippen LogP contribution in [0.4, 0.5) is 0 Å². The minimum Gasteiger partial charge on any atom is -0.358 e. The molecule has 0 saturated heterocycles. The number of likely N-dealkylation sites (N-methyl/N-ethyl adjacent to an activating group) is 1. The number of allylic oxidation sites excluding steroid dienone is 3. The summed E-state index contributed by atoms with van der Waals surface area (Å²) in [7, 11) is 2.07. The summed E-state index contributed by atoms with van der Waals surface area (Å²) in [6.07, 6.45) is 11.9. The van der Waals surface area contributed by atoms with Crippen LogP contribution in [0.2, 0.25) is 0 Å². The molecule has 1 aromatic heterocycles. The van der Waals surface area contributed by atoms with Gasteiger partial charge >= 0.3 is 0 Å². The third kappa shape index (κ3) is 3.83. The van der Waals surface area contributed by atoms with Gasteiger partial charge in [0.1, 0.15) is 0 Å². The quantitative estimate of drug-likeness (QED) is 0.204. The highest BCUT2D eigenvalue weighted by molar-refractivity contribution is 6.05. The molecular weight excluding hydrogens is 484 g/mol. The number of nitrogens with one attached hydrogen (secondary N) is 2. The van der Waals surface area contributed by atoms with Gasteiger partial charge in [0.15, 0.2) is 0 Å². The molecule has 0 bridgehead atoms. The molecule has 2 nitrogen and oxygen atoms in total. The zero-order chi connectivity index (χ0) is 27.1. The van der Waals surface area contributed by atoms with Gasteiger partial charge in [-0.2, -0.15) is 0 Å². The molecule has 0 spiro atoms. The van der Waals surface area contributed by atoms with Crippen LogP contribution in [-0.2, 0) is 18.4 Å². The molecule has 5 aromatic rings. The number of aromatic amines is 1. The number of H-pyrrole nitrogens is 1. The van der Waals surface area contributed by atoms with E-state index in [4.69, 9.17) is 0 Å². The second-order valence-electron chi connectivity index (χ2n) is 11.1. The van der Waals surface area contributed by atoms with E-state index < -0.39 is 5.54 Å². The van der Waals surface area contributed by atoms with Crippen molar-refractivity contribution in [3.05, 3.63) is 161 Å². The molecule has 0 fully saturated rings. The standard InChI is InChI=1S/C38H34N2/c1-3-12-31(38(39-2,29-14-6-4-7-15-29)30-16-8-5-9-17-30)23-26-19-21-33-35(24-26)40-34-22-20-28-25-27-13-10-11-18-32(27)36(28)37(33)34/h3-22,26,39-40H,1,23-25H2,2H3/b31-12+. The first-order valence-corrected chi connectivity index (χ1v) is 14.3. The Bertz CT molecular complexity index is 1730. The van der Waals surface area contributed by atoms with Crippen molar-refractivity contribution in [2.45, 2.75) is 24.8 Å². The third-order valence-electron chi connectivity index (χ3n) is 8.91. The Balaban J connectivity index is 1.29. The Labute approximate surface area is 236 Å². The van der Waals surface area contributed by atoms with E-state index in [1.165, 1.54) is 61.1 Å². The molecule has 0 saturated carbocycles. The summed E-state index contributed by atoms with van der Waals surface area (Å²) in [5.74, 6) is 0.368. The first-order valence-electron chi connectivity index (χ1n) is 14.3. The van der Waals surface area contributed by atoms with Crippen molar-refractivity contribution in [1.82, 2.24) is 10.3 Å². The van der Waals surface area contributed by atoms with Gasteiger partial charge in [-0.1, -0.05) is 122 Å². The molecule has 40 heavy (non-hydrogen) atoms. The van der Waals surface area contributed by atoms with Crippen LogP contribution in [0.1, 0.15) is 39.9 Å². The molecular formula is C38H34N2. The molecule has 2 aliphatic carbocycles. The van der Waals surface area contributed by atoms with Crippen molar-refractivity contribution < 1.29 is 0 Å². The average molecular weight is 519 g/mol. The van der Waals surface area contributed by atoms with E-state index in [2.05, 4.69) is 139 Å². The molecule has 1 unspecified atom stereocenters. The summed E-state index contributed by atoms with van der Waals surface area (Å²) < 4.78 is 0. The van der Waals surface area contributed by atoms with Crippen molar-refractivity contribution in [2.75, 3.05) is 7.05 Å². The fourth-order valence-electron chi connectivity index (χ4n) is 7.17. The lowest BCUT2D eigenvalue weighted by Crippen LogP contribution is -2.43. The fraction of sp³-hybridized carbons (Fsp3) is 0.158. The molecule has 1 atom stereocenters. The maximum Gasteiger partial charge on any atom is 0.0908 e. The van der Waals surface area contributed by atoms with Gasteiger partial charge < -0.3 is 10.3 Å². The number of aromatic nitrogens is 1. The molecule has 1 heterocycles. The van der Waals surface area contributed by atoms with Crippen LogP contribution in [0.25, 0.3) is 28.1 Å². The van der Waals surface area contributed by atoms with Gasteiger partial charge in [-0.05, 0) is 77.2 Å². The molecule has 2 N–H and O–H groups in total. The van der Waals surface area contributed by atoms with Gasteiger partial charge in [0.25, 0.3) is 0 Å². The van der Waals surface area contributed by atoms with Crippen LogP contribution in [0.15, 0.2) is 127 Å². The van der Waals surface area contributed by atoms with E-state index in [1.54, 1.807) is 0 Å². The largest absolute Gasteiger partial charge is 0.358 e. The van der Waals surface area contributed by atoms with E-state index in [-0.39, 0.29) is 0 Å². The number of hydrogen-bond donors (Lipinski definition) is 2. The van der Waals surface area contributed by atoms with Crippen molar-refractivity contribution in [1.29, 1.82) is 0 Å².